The lowest BCUT2D eigenvalue weighted by molar-refractivity contribution is -0.164. The van der Waals surface area contributed by atoms with Crippen LogP contribution in [0.25, 0.3) is 0 Å². The number of aliphatic hydroxyl groups is 2. The molecule has 5 aliphatic carbocycles. The molecule has 2 spiro atoms. The lowest BCUT2D eigenvalue weighted by atomic mass is 9.43. The van der Waals surface area contributed by atoms with E-state index in [4.69, 9.17) is 0 Å². The zero-order valence-electron chi connectivity index (χ0n) is 20.4. The Balaban J connectivity index is 1.39. The lowest BCUT2D eigenvalue weighted by Crippen LogP contribution is -2.57. The highest BCUT2D eigenvalue weighted by Gasteiger charge is 2.81. The third kappa shape index (κ3) is 2.68. The van der Waals surface area contributed by atoms with Gasteiger partial charge in [-0.2, -0.15) is 0 Å². The van der Waals surface area contributed by atoms with Gasteiger partial charge in [0.1, 0.15) is 0 Å². The SMILES string of the molecule is CC(C)CCC[C@@H](C)[C@H]1CC[C@@]2(C)[C@H]3C[C@H](O)[C@@H]4C[C@@H](O)CC[C@@]45C[C@@]35CC[C@]12C. The average Bonchev–Trinajstić information content (AvgIpc) is 3.25. The van der Waals surface area contributed by atoms with Crippen LogP contribution in [0.1, 0.15) is 112 Å². The van der Waals surface area contributed by atoms with Gasteiger partial charge in [0.25, 0.3) is 0 Å². The van der Waals surface area contributed by atoms with Crippen LogP contribution in [0.5, 0.6) is 0 Å². The molecule has 0 saturated heterocycles. The minimum absolute atomic E-state index is 0.170. The van der Waals surface area contributed by atoms with Crippen molar-refractivity contribution in [2.75, 3.05) is 0 Å². The number of hydrogen-bond donors (Lipinski definition) is 2. The Kier molecular flexibility index (Phi) is 5.04. The van der Waals surface area contributed by atoms with Gasteiger partial charge >= 0.3 is 0 Å². The molecule has 10 atom stereocenters. The van der Waals surface area contributed by atoms with Crippen molar-refractivity contribution >= 4 is 0 Å². The molecule has 0 aromatic rings. The number of rotatable bonds is 5. The van der Waals surface area contributed by atoms with Crippen molar-refractivity contribution in [3.05, 3.63) is 0 Å². The average molecular weight is 417 g/mol. The van der Waals surface area contributed by atoms with E-state index in [-0.39, 0.29) is 12.2 Å². The van der Waals surface area contributed by atoms with Crippen LogP contribution in [-0.4, -0.2) is 22.4 Å². The van der Waals surface area contributed by atoms with Crippen molar-refractivity contribution in [3.63, 3.8) is 0 Å². The molecule has 5 fully saturated rings. The van der Waals surface area contributed by atoms with Crippen LogP contribution < -0.4 is 0 Å². The molecule has 0 aromatic carbocycles. The summed E-state index contributed by atoms with van der Waals surface area (Å²) in [5, 5.41) is 21.6. The van der Waals surface area contributed by atoms with Gasteiger partial charge in [0.2, 0.25) is 0 Å². The van der Waals surface area contributed by atoms with Crippen LogP contribution in [0.3, 0.4) is 0 Å². The van der Waals surface area contributed by atoms with E-state index in [0.717, 1.165) is 37.0 Å². The van der Waals surface area contributed by atoms with Crippen molar-refractivity contribution in [2.24, 2.45) is 51.2 Å². The van der Waals surface area contributed by atoms with Crippen LogP contribution in [0.15, 0.2) is 0 Å². The standard InChI is InChI=1S/C28H48O2/c1-18(2)7-6-8-19(3)21-10-11-26(5)24-16-23(30)22-15-20(29)9-12-27(22)17-28(24,27)14-13-25(21,26)4/h18-24,29-30H,6-17H2,1-5H3/t19-,20+,21-,22+,23+,24-,25-,26+,27-,28+/m1/s1. The fourth-order valence-corrected chi connectivity index (χ4v) is 10.6. The highest BCUT2D eigenvalue weighted by Crippen LogP contribution is 2.87. The normalized spacial score (nSPS) is 55.4. The topological polar surface area (TPSA) is 40.5 Å². The third-order valence-electron chi connectivity index (χ3n) is 12.4. The van der Waals surface area contributed by atoms with E-state index in [9.17, 15) is 10.2 Å². The van der Waals surface area contributed by atoms with Gasteiger partial charge in [-0.15, -0.1) is 0 Å². The molecular weight excluding hydrogens is 368 g/mol. The summed E-state index contributed by atoms with van der Waals surface area (Å²) in [4.78, 5) is 0. The van der Waals surface area contributed by atoms with Gasteiger partial charge in [-0.1, -0.05) is 53.9 Å². The maximum absolute atomic E-state index is 11.3. The second-order valence-corrected chi connectivity index (χ2v) is 13.7. The Bertz CT molecular complexity index is 674. The fourth-order valence-electron chi connectivity index (χ4n) is 10.6. The van der Waals surface area contributed by atoms with Crippen LogP contribution in [-0.2, 0) is 0 Å². The maximum atomic E-state index is 11.3. The predicted octanol–water partition coefficient (Wildman–Crippen LogP) is 6.58. The van der Waals surface area contributed by atoms with Crippen molar-refractivity contribution in [3.8, 4) is 0 Å². The van der Waals surface area contributed by atoms with E-state index in [1.165, 1.54) is 57.8 Å². The maximum Gasteiger partial charge on any atom is 0.0577 e. The molecule has 5 saturated carbocycles. The van der Waals surface area contributed by atoms with Crippen LogP contribution >= 0.6 is 0 Å². The monoisotopic (exact) mass is 416 g/mol. The lowest BCUT2D eigenvalue weighted by Gasteiger charge is -2.62. The zero-order valence-corrected chi connectivity index (χ0v) is 20.4. The molecule has 0 amide bonds. The quantitative estimate of drug-likeness (QED) is 0.531. The minimum Gasteiger partial charge on any atom is -0.393 e. The summed E-state index contributed by atoms with van der Waals surface area (Å²) >= 11 is 0. The fraction of sp³-hybridized carbons (Fsp3) is 1.00. The van der Waals surface area contributed by atoms with E-state index in [0.29, 0.717) is 33.5 Å². The molecule has 30 heavy (non-hydrogen) atoms. The molecule has 172 valence electrons. The van der Waals surface area contributed by atoms with Crippen LogP contribution in [0.4, 0.5) is 0 Å². The molecule has 2 N–H and O–H groups in total. The number of aliphatic hydroxyl groups excluding tert-OH is 2. The molecule has 5 aliphatic rings. The summed E-state index contributed by atoms with van der Waals surface area (Å²) in [6.45, 7) is 12.6. The second kappa shape index (κ2) is 6.96. The van der Waals surface area contributed by atoms with E-state index >= 15 is 0 Å². The summed E-state index contributed by atoms with van der Waals surface area (Å²) in [7, 11) is 0. The summed E-state index contributed by atoms with van der Waals surface area (Å²) in [5.74, 6) is 3.61. The molecule has 2 nitrogen and oxygen atoms in total. The first-order chi connectivity index (χ1) is 14.1. The van der Waals surface area contributed by atoms with Gasteiger partial charge in [0.15, 0.2) is 0 Å². The highest BCUT2D eigenvalue weighted by atomic mass is 16.3. The van der Waals surface area contributed by atoms with Crippen molar-refractivity contribution in [1.82, 2.24) is 0 Å². The smallest absolute Gasteiger partial charge is 0.0577 e. The molecule has 0 radical (unpaired) electrons. The summed E-state index contributed by atoms with van der Waals surface area (Å²) < 4.78 is 0. The molecule has 0 aliphatic heterocycles. The molecule has 0 aromatic heterocycles. The van der Waals surface area contributed by atoms with Crippen molar-refractivity contribution < 1.29 is 10.2 Å². The predicted molar refractivity (Wildman–Crippen MR) is 123 cm³/mol. The van der Waals surface area contributed by atoms with E-state index in [1.54, 1.807) is 0 Å². The summed E-state index contributed by atoms with van der Waals surface area (Å²) in [6, 6.07) is 0. The molecule has 5 rings (SSSR count). The van der Waals surface area contributed by atoms with Gasteiger partial charge in [-0.05, 0) is 109 Å². The largest absolute Gasteiger partial charge is 0.393 e. The molecule has 2 heteroatoms. The van der Waals surface area contributed by atoms with Gasteiger partial charge in [-0.25, -0.2) is 0 Å². The van der Waals surface area contributed by atoms with Crippen molar-refractivity contribution in [2.45, 2.75) is 124 Å². The van der Waals surface area contributed by atoms with E-state index in [2.05, 4.69) is 34.6 Å². The highest BCUT2D eigenvalue weighted by molar-refractivity contribution is 5.30. The number of fused-ring (bicyclic) bond motifs is 2. The minimum atomic E-state index is -0.178. The second-order valence-electron chi connectivity index (χ2n) is 13.7. The summed E-state index contributed by atoms with van der Waals surface area (Å²) in [5.41, 5.74) is 1.72. The first kappa shape index (κ1) is 21.7. The third-order valence-corrected chi connectivity index (χ3v) is 12.4. The first-order valence-electron chi connectivity index (χ1n) is 13.5. The van der Waals surface area contributed by atoms with Crippen LogP contribution in [0, 0.1) is 51.2 Å². The molecule has 0 heterocycles. The molecule has 0 unspecified atom stereocenters. The molecule has 0 bridgehead atoms. The van der Waals surface area contributed by atoms with Crippen LogP contribution in [0.2, 0.25) is 0 Å². The Morgan fingerprint density at radius 1 is 0.833 bits per heavy atom. The van der Waals surface area contributed by atoms with Gasteiger partial charge in [0.05, 0.1) is 12.2 Å². The zero-order chi connectivity index (χ0) is 21.5. The van der Waals surface area contributed by atoms with Gasteiger partial charge < -0.3 is 10.2 Å². The Hall–Kier alpha value is -0.0800. The number of hydrogen-bond acceptors (Lipinski definition) is 2. The van der Waals surface area contributed by atoms with E-state index < -0.39 is 0 Å². The van der Waals surface area contributed by atoms with Crippen molar-refractivity contribution in [1.29, 1.82) is 0 Å². The molecular formula is C28H48O2. The first-order valence-corrected chi connectivity index (χ1v) is 13.5. The van der Waals surface area contributed by atoms with E-state index in [1.807, 2.05) is 0 Å². The summed E-state index contributed by atoms with van der Waals surface area (Å²) in [6.07, 6.45) is 14.8. The van der Waals surface area contributed by atoms with Gasteiger partial charge in [-0.3, -0.25) is 0 Å². The Morgan fingerprint density at radius 2 is 1.60 bits per heavy atom. The van der Waals surface area contributed by atoms with Gasteiger partial charge in [0, 0.05) is 0 Å². The Morgan fingerprint density at radius 3 is 2.33 bits per heavy atom. The Labute approximate surface area is 185 Å².